The van der Waals surface area contributed by atoms with E-state index in [1.807, 2.05) is 6.26 Å². The van der Waals surface area contributed by atoms with Gasteiger partial charge in [-0.2, -0.15) is 10.0 Å². The lowest BCUT2D eigenvalue weighted by Crippen LogP contribution is -3.19. The van der Waals surface area contributed by atoms with Gasteiger partial charge in [-0.25, -0.2) is 4.78 Å². The van der Waals surface area contributed by atoms with Crippen molar-refractivity contribution < 1.29 is 23.4 Å². The van der Waals surface area contributed by atoms with Crippen LogP contribution in [-0.2, 0) is 0 Å². The van der Waals surface area contributed by atoms with E-state index >= 15 is 0 Å². The van der Waals surface area contributed by atoms with Crippen LogP contribution >= 0.6 is 26.0 Å². The van der Waals surface area contributed by atoms with Crippen LogP contribution in [0.3, 0.4) is 0 Å². The highest BCUT2D eigenvalue weighted by molar-refractivity contribution is 8.59. The molecule has 4 aliphatic rings. The molecule has 2 aromatic carbocycles. The topological polar surface area (TPSA) is 85.6 Å². The number of rotatable bonds is 8. The monoisotopic (exact) mass is 537 g/mol. The maximum Gasteiger partial charge on any atom is 0.554 e. The van der Waals surface area contributed by atoms with Crippen molar-refractivity contribution in [1.82, 2.24) is 24.6 Å². The molecule has 0 aromatic heterocycles. The van der Waals surface area contributed by atoms with Gasteiger partial charge < -0.3 is 0 Å². The second-order valence-electron chi connectivity index (χ2n) is 8.37. The fraction of sp³-hybridized carbons (Fsp3) is 0.333. The summed E-state index contributed by atoms with van der Waals surface area (Å²) in [5.74, 6) is 1.15. The summed E-state index contributed by atoms with van der Waals surface area (Å²) in [6.45, 7) is 2.47. The van der Waals surface area contributed by atoms with Gasteiger partial charge in [-0.15, -0.1) is 14.6 Å². The van der Waals surface area contributed by atoms with Crippen LogP contribution in [-0.4, -0.2) is 84.6 Å². The average Bonchev–Trinajstić information content (AvgIpc) is 2.89. The van der Waals surface area contributed by atoms with E-state index < -0.39 is 14.6 Å². The summed E-state index contributed by atoms with van der Waals surface area (Å²) >= 11 is 1.45. The first-order chi connectivity index (χ1) is 16.8. The SMILES string of the molecule is CS[P+](N=P12N(C)N3CN(CN(C3)[NH+]1C)N2C)(Oc1ccc(C=O)cc1)Oc1ccc(C=O)cc1. The molecule has 0 saturated carbocycles. The normalized spacial score (nSPS) is 30.2. The van der Waals surface area contributed by atoms with Crippen molar-refractivity contribution in [3.05, 3.63) is 59.7 Å². The van der Waals surface area contributed by atoms with Gasteiger partial charge in [0.25, 0.3) is 0 Å². The summed E-state index contributed by atoms with van der Waals surface area (Å²) in [5.41, 5.74) is 1.14. The van der Waals surface area contributed by atoms with Crippen molar-refractivity contribution in [2.75, 3.05) is 47.4 Å². The standard InChI is InChI=1S/C21H28N7O4P2S/c1-23-26-15-27-17-28(16-26)25(3)33(23,24(27)2)22-34(35-4,31-20-9-5-18(13-29)6-10-20)32-21-11-7-19(14-30)8-12-21/h5-14H,15-17H2,1-4H3/q+1/p+1. The Hall–Kier alpha value is -1.85. The van der Waals surface area contributed by atoms with Gasteiger partial charge in [0.15, 0.2) is 11.5 Å². The Balaban J connectivity index is 1.63. The van der Waals surface area contributed by atoms with E-state index in [0.29, 0.717) is 22.6 Å². The number of hydrogen-bond donors (Lipinski definition) is 1. The quantitative estimate of drug-likeness (QED) is 0.401. The predicted octanol–water partition coefficient (Wildman–Crippen LogP) is 2.70. The molecule has 11 nitrogen and oxygen atoms in total. The molecule has 6 rings (SSSR count). The lowest BCUT2D eigenvalue weighted by molar-refractivity contribution is -0.916. The first-order valence-electron chi connectivity index (χ1n) is 11.0. The molecule has 0 spiro atoms. The number of nitrogens with zero attached hydrogens (tertiary/aromatic N) is 6. The van der Waals surface area contributed by atoms with Gasteiger partial charge in [0, 0.05) is 36.0 Å². The van der Waals surface area contributed by atoms with Crippen molar-refractivity contribution in [2.24, 2.45) is 4.52 Å². The second kappa shape index (κ2) is 9.55. The van der Waals surface area contributed by atoms with Crippen LogP contribution in [0, 0.1) is 0 Å². The van der Waals surface area contributed by atoms with Crippen LogP contribution in [0.2, 0.25) is 0 Å². The van der Waals surface area contributed by atoms with E-state index in [2.05, 4.69) is 45.7 Å². The molecule has 4 bridgehead atoms. The van der Waals surface area contributed by atoms with E-state index in [1.165, 1.54) is 16.2 Å². The molecule has 35 heavy (non-hydrogen) atoms. The minimum absolute atomic E-state index is 0.568. The van der Waals surface area contributed by atoms with Crippen molar-refractivity contribution in [3.8, 4) is 11.5 Å². The Morgan fingerprint density at radius 1 is 0.886 bits per heavy atom. The largest absolute Gasteiger partial charge is 0.554 e. The summed E-state index contributed by atoms with van der Waals surface area (Å²) in [6.07, 6.45) is 3.55. The zero-order valence-electron chi connectivity index (χ0n) is 20.0. The number of carbonyl (C=O) groups is 2. The smallest absolute Gasteiger partial charge is 0.298 e. The number of aldehydes is 2. The summed E-state index contributed by atoms with van der Waals surface area (Å²) in [7, 11) is 0.915. The minimum Gasteiger partial charge on any atom is -0.298 e. The lowest BCUT2D eigenvalue weighted by atomic mass is 10.2. The maximum atomic E-state index is 11.1. The van der Waals surface area contributed by atoms with Gasteiger partial charge in [0.1, 0.15) is 37.3 Å². The van der Waals surface area contributed by atoms with Crippen molar-refractivity contribution >= 4 is 38.5 Å². The zero-order valence-corrected chi connectivity index (χ0v) is 22.6. The Labute approximate surface area is 209 Å². The Morgan fingerprint density at radius 2 is 1.34 bits per heavy atom. The Bertz CT molecular complexity index is 1060. The highest BCUT2D eigenvalue weighted by Crippen LogP contribution is 2.76. The molecule has 186 valence electrons. The third-order valence-electron chi connectivity index (χ3n) is 6.45. The van der Waals surface area contributed by atoms with Crippen molar-refractivity contribution in [2.45, 2.75) is 0 Å². The molecule has 0 amide bonds. The van der Waals surface area contributed by atoms with Crippen LogP contribution in [0.15, 0.2) is 53.0 Å². The fourth-order valence-corrected chi connectivity index (χ4v) is 13.8. The first kappa shape index (κ1) is 24.8. The zero-order chi connectivity index (χ0) is 24.8. The van der Waals surface area contributed by atoms with Crippen LogP contribution in [0.25, 0.3) is 0 Å². The molecule has 14 heteroatoms. The number of benzene rings is 2. The fourth-order valence-electron chi connectivity index (χ4n) is 4.42. The van der Waals surface area contributed by atoms with E-state index in [1.54, 1.807) is 48.5 Å². The maximum absolute atomic E-state index is 11.1. The second-order valence-corrected chi connectivity index (χ2v) is 16.2. The van der Waals surface area contributed by atoms with Crippen LogP contribution < -0.4 is 13.8 Å². The van der Waals surface area contributed by atoms with Crippen LogP contribution in [0.1, 0.15) is 20.7 Å². The minimum atomic E-state index is -3.00. The third-order valence-corrected chi connectivity index (χ3v) is 15.4. The number of nitrogens with one attached hydrogen (secondary N) is 1. The van der Waals surface area contributed by atoms with Crippen LogP contribution in [0.4, 0.5) is 0 Å². The molecule has 0 radical (unpaired) electrons. The number of carbonyl (C=O) groups excluding carboxylic acids is 2. The van der Waals surface area contributed by atoms with Gasteiger partial charge in [0.05, 0.1) is 13.7 Å². The van der Waals surface area contributed by atoms with Gasteiger partial charge in [0.2, 0.25) is 0 Å². The first-order valence-corrected chi connectivity index (χ1v) is 16.0. The molecular formula is C21H29N7O4P2S+2. The molecule has 3 atom stereocenters. The Morgan fingerprint density at radius 3 is 1.74 bits per heavy atom. The molecule has 4 saturated heterocycles. The predicted molar refractivity (Wildman–Crippen MR) is 137 cm³/mol. The number of quaternary nitrogens is 1. The van der Waals surface area contributed by atoms with E-state index in [9.17, 15) is 9.59 Å². The molecule has 1 N–H and O–H groups in total. The molecule has 4 aliphatic heterocycles. The molecule has 2 aromatic rings. The molecular weight excluding hydrogens is 508 g/mol. The molecule has 4 heterocycles. The summed E-state index contributed by atoms with van der Waals surface area (Å²) in [5, 5.41) is 6.94. The highest BCUT2D eigenvalue weighted by atomic mass is 32.7. The van der Waals surface area contributed by atoms with Crippen molar-refractivity contribution in [1.29, 1.82) is 0 Å². The lowest BCUT2D eigenvalue weighted by Gasteiger charge is -2.63. The summed E-state index contributed by atoms with van der Waals surface area (Å²) < 4.78 is 24.5. The van der Waals surface area contributed by atoms with Crippen molar-refractivity contribution in [3.63, 3.8) is 0 Å². The van der Waals surface area contributed by atoms with Gasteiger partial charge in [-0.1, -0.05) is 0 Å². The number of hydrazine groups is 2. The molecule has 3 unspecified atom stereocenters. The molecule has 0 aliphatic carbocycles. The van der Waals surface area contributed by atoms with Gasteiger partial charge in [-0.05, 0) is 48.5 Å². The van der Waals surface area contributed by atoms with E-state index in [4.69, 9.17) is 13.6 Å². The average molecular weight is 538 g/mol. The van der Waals surface area contributed by atoms with Gasteiger partial charge in [-0.3, -0.25) is 18.6 Å². The Kier molecular flexibility index (Phi) is 6.78. The third kappa shape index (κ3) is 4.23. The van der Waals surface area contributed by atoms with Crippen LogP contribution in [0.5, 0.6) is 11.5 Å². The van der Waals surface area contributed by atoms with Gasteiger partial charge >= 0.3 is 14.6 Å². The van der Waals surface area contributed by atoms with E-state index in [-0.39, 0.29) is 0 Å². The van der Waals surface area contributed by atoms with E-state index in [0.717, 1.165) is 32.6 Å². The summed E-state index contributed by atoms with van der Waals surface area (Å²) in [6, 6.07) is 13.9. The highest BCUT2D eigenvalue weighted by Gasteiger charge is 2.65. The number of hydrogen-bond acceptors (Lipinski definition) is 9. The molecule has 4 fully saturated rings. The summed E-state index contributed by atoms with van der Waals surface area (Å²) in [4.78, 5) is 22.3.